The average Bonchev–Trinajstić information content (AvgIpc) is 3.50. The lowest BCUT2D eigenvalue weighted by Crippen LogP contribution is -2.34. The van der Waals surface area contributed by atoms with E-state index < -0.39 is 0 Å². The molecule has 146 valence electrons. The zero-order valence-corrected chi connectivity index (χ0v) is 16.2. The fraction of sp³-hybridized carbons (Fsp3) is 0.318. The standard InChI is InChI=1S/C22H25N3O3/c1-14-11-15(2)13-18(12-14)21(27)24-10-9-23-20(26)16-5-7-19(8-6-16)25-22(28)17-3-4-17/h5-8,11-13,17H,3-4,9-10H2,1-2H3,(H,23,26)(H,24,27)(H,25,28). The largest absolute Gasteiger partial charge is 0.350 e. The van der Waals surface area contributed by atoms with Crippen LogP contribution >= 0.6 is 0 Å². The zero-order chi connectivity index (χ0) is 20.1. The summed E-state index contributed by atoms with van der Waals surface area (Å²) in [6, 6.07) is 12.5. The Morgan fingerprint density at radius 3 is 1.89 bits per heavy atom. The van der Waals surface area contributed by atoms with E-state index in [0.717, 1.165) is 24.0 Å². The van der Waals surface area contributed by atoms with Crippen molar-refractivity contribution in [3.63, 3.8) is 0 Å². The summed E-state index contributed by atoms with van der Waals surface area (Å²) in [5.74, 6) is -0.198. The molecule has 0 saturated heterocycles. The van der Waals surface area contributed by atoms with Crippen molar-refractivity contribution in [2.24, 2.45) is 5.92 Å². The number of carbonyl (C=O) groups is 3. The van der Waals surface area contributed by atoms with E-state index in [0.29, 0.717) is 29.9 Å². The van der Waals surface area contributed by atoms with Crippen LogP contribution in [0.1, 0.15) is 44.7 Å². The smallest absolute Gasteiger partial charge is 0.251 e. The minimum absolute atomic E-state index is 0.0387. The summed E-state index contributed by atoms with van der Waals surface area (Å²) in [6.45, 7) is 4.57. The first-order valence-corrected chi connectivity index (χ1v) is 9.48. The van der Waals surface area contributed by atoms with Gasteiger partial charge < -0.3 is 16.0 Å². The predicted molar refractivity (Wildman–Crippen MR) is 108 cm³/mol. The molecular formula is C22H25N3O3. The molecule has 3 N–H and O–H groups in total. The van der Waals surface area contributed by atoms with Crippen LogP contribution in [0.2, 0.25) is 0 Å². The molecule has 0 aromatic heterocycles. The summed E-state index contributed by atoms with van der Waals surface area (Å²) in [5.41, 5.74) is 3.89. The third-order valence-corrected chi connectivity index (χ3v) is 4.54. The number of anilines is 1. The second-order valence-electron chi connectivity index (χ2n) is 7.23. The first kappa shape index (κ1) is 19.6. The quantitative estimate of drug-likeness (QED) is 0.647. The van der Waals surface area contributed by atoms with Gasteiger partial charge in [0.2, 0.25) is 5.91 Å². The number of aryl methyl sites for hydroxylation is 2. The highest BCUT2D eigenvalue weighted by Gasteiger charge is 2.29. The third-order valence-electron chi connectivity index (χ3n) is 4.54. The molecule has 28 heavy (non-hydrogen) atoms. The molecule has 0 unspecified atom stereocenters. The number of benzene rings is 2. The Bertz CT molecular complexity index is 866. The molecule has 6 heteroatoms. The van der Waals surface area contributed by atoms with E-state index >= 15 is 0 Å². The van der Waals surface area contributed by atoms with Gasteiger partial charge >= 0.3 is 0 Å². The SMILES string of the molecule is Cc1cc(C)cc(C(=O)NCCNC(=O)c2ccc(NC(=O)C3CC3)cc2)c1. The van der Waals surface area contributed by atoms with E-state index in [-0.39, 0.29) is 23.6 Å². The Hall–Kier alpha value is -3.15. The molecule has 2 aromatic carbocycles. The van der Waals surface area contributed by atoms with E-state index in [9.17, 15) is 14.4 Å². The first-order valence-electron chi connectivity index (χ1n) is 9.48. The lowest BCUT2D eigenvalue weighted by Gasteiger charge is -2.09. The van der Waals surface area contributed by atoms with Crippen LogP contribution in [0.15, 0.2) is 42.5 Å². The van der Waals surface area contributed by atoms with E-state index in [1.807, 2.05) is 32.0 Å². The van der Waals surface area contributed by atoms with Crippen molar-refractivity contribution < 1.29 is 14.4 Å². The van der Waals surface area contributed by atoms with Crippen molar-refractivity contribution in [2.45, 2.75) is 26.7 Å². The summed E-state index contributed by atoms with van der Waals surface area (Å²) in [4.78, 5) is 36.1. The van der Waals surface area contributed by atoms with Crippen molar-refractivity contribution in [1.82, 2.24) is 10.6 Å². The molecule has 0 aliphatic heterocycles. The summed E-state index contributed by atoms with van der Waals surface area (Å²) in [6.07, 6.45) is 1.90. The normalized spacial score (nSPS) is 12.9. The van der Waals surface area contributed by atoms with Gasteiger partial charge in [-0.25, -0.2) is 0 Å². The van der Waals surface area contributed by atoms with Crippen LogP contribution in [-0.2, 0) is 4.79 Å². The Kier molecular flexibility index (Phi) is 6.09. The van der Waals surface area contributed by atoms with Gasteiger partial charge in [0.15, 0.2) is 0 Å². The molecule has 1 aliphatic carbocycles. The minimum Gasteiger partial charge on any atom is -0.350 e. The molecular weight excluding hydrogens is 354 g/mol. The lowest BCUT2D eigenvalue weighted by molar-refractivity contribution is -0.117. The number of amides is 3. The predicted octanol–water partition coefficient (Wildman–Crippen LogP) is 2.81. The van der Waals surface area contributed by atoms with E-state index in [4.69, 9.17) is 0 Å². The minimum atomic E-state index is -0.222. The fourth-order valence-electron chi connectivity index (χ4n) is 2.96. The molecule has 2 aromatic rings. The van der Waals surface area contributed by atoms with E-state index in [2.05, 4.69) is 16.0 Å². The van der Waals surface area contributed by atoms with E-state index in [1.54, 1.807) is 24.3 Å². The summed E-state index contributed by atoms with van der Waals surface area (Å²) >= 11 is 0. The van der Waals surface area contributed by atoms with Gasteiger partial charge in [-0.05, 0) is 63.1 Å². The van der Waals surface area contributed by atoms with Crippen LogP contribution in [-0.4, -0.2) is 30.8 Å². The number of hydrogen-bond acceptors (Lipinski definition) is 3. The van der Waals surface area contributed by atoms with Crippen molar-refractivity contribution >= 4 is 23.4 Å². The molecule has 1 saturated carbocycles. The molecule has 3 rings (SSSR count). The van der Waals surface area contributed by atoms with Crippen molar-refractivity contribution in [3.8, 4) is 0 Å². The topological polar surface area (TPSA) is 87.3 Å². The maximum absolute atomic E-state index is 12.2. The van der Waals surface area contributed by atoms with Crippen molar-refractivity contribution in [2.75, 3.05) is 18.4 Å². The highest BCUT2D eigenvalue weighted by molar-refractivity contribution is 5.97. The Morgan fingerprint density at radius 1 is 0.821 bits per heavy atom. The molecule has 0 radical (unpaired) electrons. The molecule has 0 heterocycles. The third kappa shape index (κ3) is 5.42. The number of carbonyl (C=O) groups excluding carboxylic acids is 3. The monoisotopic (exact) mass is 379 g/mol. The maximum Gasteiger partial charge on any atom is 0.251 e. The highest BCUT2D eigenvalue weighted by atomic mass is 16.2. The Labute approximate surface area is 164 Å². The summed E-state index contributed by atoms with van der Waals surface area (Å²) in [5, 5.41) is 8.42. The van der Waals surface area contributed by atoms with Crippen LogP contribution in [0.4, 0.5) is 5.69 Å². The number of hydrogen-bond donors (Lipinski definition) is 3. The molecule has 0 atom stereocenters. The molecule has 0 bridgehead atoms. The van der Waals surface area contributed by atoms with Gasteiger partial charge in [-0.15, -0.1) is 0 Å². The highest BCUT2D eigenvalue weighted by Crippen LogP contribution is 2.30. The van der Waals surface area contributed by atoms with Crippen LogP contribution in [0.25, 0.3) is 0 Å². The Balaban J connectivity index is 1.42. The van der Waals surface area contributed by atoms with Gasteiger partial charge in [0.25, 0.3) is 11.8 Å². The van der Waals surface area contributed by atoms with Gasteiger partial charge in [-0.2, -0.15) is 0 Å². The molecule has 0 spiro atoms. The van der Waals surface area contributed by atoms with Gasteiger partial charge in [-0.3, -0.25) is 14.4 Å². The van der Waals surface area contributed by atoms with Crippen molar-refractivity contribution in [1.29, 1.82) is 0 Å². The first-order chi connectivity index (χ1) is 13.4. The summed E-state index contributed by atoms with van der Waals surface area (Å²) < 4.78 is 0. The maximum atomic E-state index is 12.2. The van der Waals surface area contributed by atoms with Crippen LogP contribution in [0.5, 0.6) is 0 Å². The lowest BCUT2D eigenvalue weighted by atomic mass is 10.1. The molecule has 3 amide bonds. The van der Waals surface area contributed by atoms with Gasteiger partial charge in [0.05, 0.1) is 0 Å². The fourth-order valence-corrected chi connectivity index (χ4v) is 2.96. The number of rotatable bonds is 7. The number of nitrogens with one attached hydrogen (secondary N) is 3. The van der Waals surface area contributed by atoms with Crippen LogP contribution < -0.4 is 16.0 Å². The van der Waals surface area contributed by atoms with Gasteiger partial charge in [0.1, 0.15) is 0 Å². The van der Waals surface area contributed by atoms with Crippen LogP contribution in [0, 0.1) is 19.8 Å². The molecule has 6 nitrogen and oxygen atoms in total. The van der Waals surface area contributed by atoms with E-state index in [1.165, 1.54) is 0 Å². The van der Waals surface area contributed by atoms with Crippen LogP contribution in [0.3, 0.4) is 0 Å². The second kappa shape index (κ2) is 8.69. The molecule has 1 aliphatic rings. The Morgan fingerprint density at radius 2 is 1.36 bits per heavy atom. The van der Waals surface area contributed by atoms with Gasteiger partial charge in [-0.1, -0.05) is 17.2 Å². The van der Waals surface area contributed by atoms with Crippen molar-refractivity contribution in [3.05, 3.63) is 64.7 Å². The zero-order valence-electron chi connectivity index (χ0n) is 16.2. The second-order valence-corrected chi connectivity index (χ2v) is 7.23. The summed E-state index contributed by atoms with van der Waals surface area (Å²) in [7, 11) is 0. The molecule has 1 fully saturated rings. The van der Waals surface area contributed by atoms with Gasteiger partial charge in [0, 0.05) is 35.8 Å². The average molecular weight is 379 g/mol.